The van der Waals surface area contributed by atoms with Gasteiger partial charge < -0.3 is 10.3 Å². The molecular formula is C9H5Cl2FN2O. The zero-order chi connectivity index (χ0) is 11.0. The maximum atomic E-state index is 13.5. The number of nitrogens with zero attached hydrogens (tertiary/aromatic N) is 1. The summed E-state index contributed by atoms with van der Waals surface area (Å²) in [6.45, 7) is 0. The molecule has 78 valence electrons. The molecular weight excluding hydrogens is 242 g/mol. The molecule has 0 fully saturated rings. The van der Waals surface area contributed by atoms with Crippen LogP contribution in [0.5, 0.6) is 0 Å². The third-order valence-corrected chi connectivity index (χ3v) is 2.53. The van der Waals surface area contributed by atoms with Crippen LogP contribution in [0.3, 0.4) is 0 Å². The predicted octanol–water partition coefficient (Wildman–Crippen LogP) is 3.37. The van der Waals surface area contributed by atoms with Crippen molar-refractivity contribution < 1.29 is 8.91 Å². The number of halogens is 3. The third-order valence-electron chi connectivity index (χ3n) is 1.85. The zero-order valence-electron chi connectivity index (χ0n) is 7.30. The van der Waals surface area contributed by atoms with Crippen molar-refractivity contribution in [1.29, 1.82) is 0 Å². The lowest BCUT2D eigenvalue weighted by molar-refractivity contribution is 0.433. The lowest BCUT2D eigenvalue weighted by atomic mass is 10.1. The quantitative estimate of drug-likeness (QED) is 0.840. The van der Waals surface area contributed by atoms with Gasteiger partial charge in [0.15, 0.2) is 11.6 Å². The summed E-state index contributed by atoms with van der Waals surface area (Å²) in [6.07, 6.45) is 0. The Morgan fingerprint density at radius 1 is 1.33 bits per heavy atom. The average molecular weight is 247 g/mol. The SMILES string of the molecule is Nc1noc(-c2c(F)cccc2Cl)c1Cl. The number of anilines is 1. The molecule has 2 N–H and O–H groups in total. The number of hydrogen-bond donors (Lipinski definition) is 1. The molecule has 2 aromatic rings. The second-order valence-corrected chi connectivity index (χ2v) is 3.59. The predicted molar refractivity (Wildman–Crippen MR) is 56.3 cm³/mol. The Kier molecular flexibility index (Phi) is 2.54. The monoisotopic (exact) mass is 246 g/mol. The fourth-order valence-electron chi connectivity index (χ4n) is 1.16. The van der Waals surface area contributed by atoms with E-state index in [0.717, 1.165) is 0 Å². The van der Waals surface area contributed by atoms with Crippen molar-refractivity contribution >= 4 is 29.0 Å². The Balaban J connectivity index is 2.69. The van der Waals surface area contributed by atoms with Crippen LogP contribution in [0.2, 0.25) is 10.0 Å². The molecule has 3 nitrogen and oxygen atoms in total. The fourth-order valence-corrected chi connectivity index (χ4v) is 1.57. The molecule has 0 aliphatic heterocycles. The van der Waals surface area contributed by atoms with Crippen LogP contribution in [-0.4, -0.2) is 5.16 Å². The van der Waals surface area contributed by atoms with E-state index in [1.54, 1.807) is 0 Å². The van der Waals surface area contributed by atoms with Crippen molar-refractivity contribution in [1.82, 2.24) is 5.16 Å². The van der Waals surface area contributed by atoms with E-state index in [1.165, 1.54) is 18.2 Å². The Bertz CT molecular complexity index is 493. The Morgan fingerprint density at radius 3 is 2.60 bits per heavy atom. The van der Waals surface area contributed by atoms with Crippen molar-refractivity contribution in [2.45, 2.75) is 0 Å². The summed E-state index contributed by atoms with van der Waals surface area (Å²) in [4.78, 5) is 0. The largest absolute Gasteiger partial charge is 0.380 e. The van der Waals surface area contributed by atoms with Crippen molar-refractivity contribution in [2.24, 2.45) is 0 Å². The van der Waals surface area contributed by atoms with Gasteiger partial charge in [-0.15, -0.1) is 0 Å². The number of aromatic nitrogens is 1. The van der Waals surface area contributed by atoms with Crippen LogP contribution < -0.4 is 5.73 Å². The molecule has 15 heavy (non-hydrogen) atoms. The lowest BCUT2D eigenvalue weighted by Gasteiger charge is -2.01. The first-order valence-corrected chi connectivity index (χ1v) is 4.72. The van der Waals surface area contributed by atoms with Crippen molar-refractivity contribution in [3.05, 3.63) is 34.1 Å². The van der Waals surface area contributed by atoms with Gasteiger partial charge in [0.25, 0.3) is 0 Å². The standard InChI is InChI=1S/C9H5Cl2FN2O/c10-4-2-1-3-5(12)6(4)8-7(11)9(13)14-15-8/h1-3H,(H2,13,14). The molecule has 2 rings (SSSR count). The summed E-state index contributed by atoms with van der Waals surface area (Å²) in [5.41, 5.74) is 5.44. The summed E-state index contributed by atoms with van der Waals surface area (Å²) in [5.74, 6) is -0.496. The first kappa shape index (κ1) is 10.3. The second kappa shape index (κ2) is 3.72. The fraction of sp³-hybridized carbons (Fsp3) is 0. The zero-order valence-corrected chi connectivity index (χ0v) is 8.81. The summed E-state index contributed by atoms with van der Waals surface area (Å²) >= 11 is 11.6. The second-order valence-electron chi connectivity index (χ2n) is 2.81. The molecule has 0 aliphatic carbocycles. The van der Waals surface area contributed by atoms with Gasteiger partial charge >= 0.3 is 0 Å². The molecule has 1 aromatic carbocycles. The molecule has 1 aromatic heterocycles. The maximum absolute atomic E-state index is 13.5. The molecule has 0 atom stereocenters. The van der Waals surface area contributed by atoms with Gasteiger partial charge in [-0.05, 0) is 12.1 Å². The minimum Gasteiger partial charge on any atom is -0.380 e. The van der Waals surface area contributed by atoms with Gasteiger partial charge in [0.1, 0.15) is 10.8 Å². The van der Waals surface area contributed by atoms with E-state index in [9.17, 15) is 4.39 Å². The highest BCUT2D eigenvalue weighted by Crippen LogP contribution is 2.37. The van der Waals surface area contributed by atoms with Gasteiger partial charge in [-0.1, -0.05) is 34.4 Å². The molecule has 0 bridgehead atoms. The molecule has 6 heteroatoms. The summed E-state index contributed by atoms with van der Waals surface area (Å²) in [5, 5.41) is 3.67. The molecule has 0 saturated carbocycles. The first-order valence-electron chi connectivity index (χ1n) is 3.96. The van der Waals surface area contributed by atoms with Gasteiger partial charge in [0.05, 0.1) is 10.6 Å². The topological polar surface area (TPSA) is 52.0 Å². The van der Waals surface area contributed by atoms with Gasteiger partial charge in [0, 0.05) is 0 Å². The number of rotatable bonds is 1. The maximum Gasteiger partial charge on any atom is 0.192 e. The van der Waals surface area contributed by atoms with Gasteiger partial charge in [-0.25, -0.2) is 4.39 Å². The number of nitrogen functional groups attached to an aromatic ring is 1. The van der Waals surface area contributed by atoms with Gasteiger partial charge in [0.2, 0.25) is 0 Å². The van der Waals surface area contributed by atoms with Crippen molar-refractivity contribution in [3.63, 3.8) is 0 Å². The van der Waals surface area contributed by atoms with Crippen LogP contribution >= 0.6 is 23.2 Å². The third kappa shape index (κ3) is 1.66. The minimum atomic E-state index is -0.541. The molecule has 0 spiro atoms. The van der Waals surface area contributed by atoms with Crippen LogP contribution in [0.4, 0.5) is 10.2 Å². The van der Waals surface area contributed by atoms with Crippen molar-refractivity contribution in [2.75, 3.05) is 5.73 Å². The van der Waals surface area contributed by atoms with Crippen LogP contribution in [0.25, 0.3) is 11.3 Å². The van der Waals surface area contributed by atoms with E-state index in [4.69, 9.17) is 33.5 Å². The highest BCUT2D eigenvalue weighted by atomic mass is 35.5. The number of nitrogens with two attached hydrogens (primary N) is 1. The van der Waals surface area contributed by atoms with Crippen LogP contribution in [-0.2, 0) is 0 Å². The minimum absolute atomic E-state index is 0.00554. The normalized spacial score (nSPS) is 10.6. The van der Waals surface area contributed by atoms with Crippen LogP contribution in [0.15, 0.2) is 22.7 Å². The number of hydrogen-bond acceptors (Lipinski definition) is 3. The Hall–Kier alpha value is -1.26. The summed E-state index contributed by atoms with van der Waals surface area (Å²) in [7, 11) is 0. The van der Waals surface area contributed by atoms with E-state index in [-0.39, 0.29) is 27.2 Å². The smallest absolute Gasteiger partial charge is 0.192 e. The van der Waals surface area contributed by atoms with Gasteiger partial charge in [-0.2, -0.15) is 0 Å². The molecule has 0 radical (unpaired) electrons. The molecule has 0 saturated heterocycles. The molecule has 0 unspecified atom stereocenters. The summed E-state index contributed by atoms with van der Waals surface area (Å²) < 4.78 is 18.3. The highest BCUT2D eigenvalue weighted by molar-refractivity contribution is 6.37. The molecule has 0 amide bonds. The van der Waals surface area contributed by atoms with Crippen LogP contribution in [0, 0.1) is 5.82 Å². The Morgan fingerprint density at radius 2 is 2.07 bits per heavy atom. The van der Waals surface area contributed by atoms with Crippen molar-refractivity contribution in [3.8, 4) is 11.3 Å². The van der Waals surface area contributed by atoms with E-state index in [0.29, 0.717) is 0 Å². The molecule has 1 heterocycles. The van der Waals surface area contributed by atoms with E-state index < -0.39 is 5.82 Å². The first-order chi connectivity index (χ1) is 7.11. The lowest BCUT2D eigenvalue weighted by Crippen LogP contribution is -1.86. The van der Waals surface area contributed by atoms with E-state index in [1.807, 2.05) is 0 Å². The van der Waals surface area contributed by atoms with E-state index in [2.05, 4.69) is 5.16 Å². The molecule has 0 aliphatic rings. The van der Waals surface area contributed by atoms with Crippen LogP contribution in [0.1, 0.15) is 0 Å². The van der Waals surface area contributed by atoms with Gasteiger partial charge in [-0.3, -0.25) is 0 Å². The Labute approximate surface area is 94.6 Å². The average Bonchev–Trinajstić information content (AvgIpc) is 2.49. The van der Waals surface area contributed by atoms with E-state index >= 15 is 0 Å². The summed E-state index contributed by atoms with van der Waals surface area (Å²) in [6, 6.07) is 4.25. The number of benzene rings is 1. The highest BCUT2D eigenvalue weighted by Gasteiger charge is 2.19.